The van der Waals surface area contributed by atoms with Gasteiger partial charge >= 0.3 is 5.69 Å². The van der Waals surface area contributed by atoms with Crippen LogP contribution in [-0.4, -0.2) is 52.5 Å². The number of phenolic OH excluding ortho intramolecular Hbond substituents is 1. The van der Waals surface area contributed by atoms with Gasteiger partial charge in [-0.1, -0.05) is 0 Å². The average molecular weight is 308 g/mol. The molecule has 1 aromatic rings. The summed E-state index contributed by atoms with van der Waals surface area (Å²) in [5, 5.41) is 40.4. The maximum absolute atomic E-state index is 11.0. The number of nitrogens with zero attached hydrogens (tertiary/aromatic N) is 1. The predicted molar refractivity (Wildman–Crippen MR) is 66.2 cm³/mol. The van der Waals surface area contributed by atoms with Gasteiger partial charge in [-0.3, -0.25) is 14.7 Å². The van der Waals surface area contributed by atoms with Crippen LogP contribution in [0.5, 0.6) is 5.75 Å². The molecule has 0 amide bonds. The van der Waals surface area contributed by atoms with Gasteiger partial charge in [0.15, 0.2) is 0 Å². The highest BCUT2D eigenvalue weighted by Gasteiger charge is 2.24. The summed E-state index contributed by atoms with van der Waals surface area (Å²) in [5.74, 6) is -0.854. The lowest BCUT2D eigenvalue weighted by molar-refractivity contribution is -0.386. The number of hydrogen-bond donors (Lipinski definition) is 5. The summed E-state index contributed by atoms with van der Waals surface area (Å²) < 4.78 is 30.9. The van der Waals surface area contributed by atoms with E-state index in [1.807, 2.05) is 0 Å². The minimum absolute atomic E-state index is 0.295. The number of phenols is 1. The molecule has 0 aliphatic carbocycles. The summed E-state index contributed by atoms with van der Waals surface area (Å²) in [6.45, 7) is -0.899. The summed E-state index contributed by atoms with van der Waals surface area (Å²) >= 11 is 0. The molecule has 0 bridgehead atoms. The monoisotopic (exact) mass is 308 g/mol. The van der Waals surface area contributed by atoms with Crippen LogP contribution in [0.2, 0.25) is 0 Å². The molecule has 0 radical (unpaired) electrons. The summed E-state index contributed by atoms with van der Waals surface area (Å²) in [5.41, 5.74) is -1.31. The summed E-state index contributed by atoms with van der Waals surface area (Å²) in [4.78, 5) is 8.88. The van der Waals surface area contributed by atoms with E-state index in [4.69, 9.17) is 14.8 Å². The molecule has 112 valence electrons. The van der Waals surface area contributed by atoms with E-state index in [-0.39, 0.29) is 12.2 Å². The van der Waals surface area contributed by atoms with Gasteiger partial charge in [0.05, 0.1) is 23.3 Å². The van der Waals surface area contributed by atoms with Crippen molar-refractivity contribution in [3.05, 3.63) is 22.2 Å². The SMILES string of the molecule is O=[N+]([O-])c1cc(S(=O)(=O)O)cc(NCC(O)CO)c1O. The zero-order valence-corrected chi connectivity index (χ0v) is 10.7. The number of aliphatic hydroxyl groups is 2. The van der Waals surface area contributed by atoms with Gasteiger partial charge < -0.3 is 20.6 Å². The van der Waals surface area contributed by atoms with Crippen molar-refractivity contribution < 1.29 is 33.2 Å². The lowest BCUT2D eigenvalue weighted by Gasteiger charge is -2.12. The van der Waals surface area contributed by atoms with E-state index in [9.17, 15) is 23.6 Å². The van der Waals surface area contributed by atoms with Crippen LogP contribution in [0.3, 0.4) is 0 Å². The van der Waals surface area contributed by atoms with E-state index in [0.29, 0.717) is 6.07 Å². The van der Waals surface area contributed by atoms with E-state index in [1.54, 1.807) is 0 Å². The molecule has 0 aliphatic heterocycles. The van der Waals surface area contributed by atoms with Crippen LogP contribution in [0.15, 0.2) is 17.0 Å². The van der Waals surface area contributed by atoms with Crippen LogP contribution in [-0.2, 0) is 10.1 Å². The number of anilines is 1. The first-order valence-corrected chi connectivity index (χ1v) is 6.62. The second-order valence-corrected chi connectivity index (χ2v) is 5.21. The van der Waals surface area contributed by atoms with Crippen molar-refractivity contribution in [2.45, 2.75) is 11.0 Å². The topological polar surface area (TPSA) is 170 Å². The fraction of sp³-hybridized carbons (Fsp3) is 0.333. The molecule has 10 nitrogen and oxygen atoms in total. The molecule has 11 heteroatoms. The Morgan fingerprint density at radius 3 is 2.45 bits per heavy atom. The smallest absolute Gasteiger partial charge is 0.314 e. The maximum Gasteiger partial charge on any atom is 0.314 e. The van der Waals surface area contributed by atoms with E-state index < -0.39 is 44.1 Å². The van der Waals surface area contributed by atoms with Crippen molar-refractivity contribution >= 4 is 21.5 Å². The van der Waals surface area contributed by atoms with E-state index in [2.05, 4.69) is 5.32 Å². The Kier molecular flexibility index (Phi) is 4.83. The van der Waals surface area contributed by atoms with Gasteiger partial charge in [0.25, 0.3) is 10.1 Å². The number of hydrogen-bond acceptors (Lipinski definition) is 8. The first-order valence-electron chi connectivity index (χ1n) is 5.18. The molecule has 0 heterocycles. The predicted octanol–water partition coefficient (Wildman–Crippen LogP) is -0.688. The number of nitro groups is 1. The second-order valence-electron chi connectivity index (χ2n) is 3.79. The fourth-order valence-electron chi connectivity index (χ4n) is 1.31. The highest BCUT2D eigenvalue weighted by molar-refractivity contribution is 7.85. The van der Waals surface area contributed by atoms with E-state index in [0.717, 1.165) is 6.07 Å². The molecule has 1 atom stereocenters. The quantitative estimate of drug-likeness (QED) is 0.197. The van der Waals surface area contributed by atoms with E-state index >= 15 is 0 Å². The van der Waals surface area contributed by atoms with Crippen molar-refractivity contribution in [3.63, 3.8) is 0 Å². The lowest BCUT2D eigenvalue weighted by atomic mass is 10.2. The van der Waals surface area contributed by atoms with Crippen molar-refractivity contribution in [1.82, 2.24) is 0 Å². The van der Waals surface area contributed by atoms with Crippen LogP contribution in [0.25, 0.3) is 0 Å². The number of aliphatic hydroxyl groups excluding tert-OH is 2. The number of nitrogens with one attached hydrogen (secondary N) is 1. The first kappa shape index (κ1) is 16.1. The molecule has 0 saturated heterocycles. The number of benzene rings is 1. The van der Waals surface area contributed by atoms with E-state index in [1.165, 1.54) is 0 Å². The molecule has 0 spiro atoms. The molecular weight excluding hydrogens is 296 g/mol. The molecule has 5 N–H and O–H groups in total. The third kappa shape index (κ3) is 3.77. The molecule has 0 aliphatic rings. The minimum atomic E-state index is -4.71. The van der Waals surface area contributed by atoms with Crippen LogP contribution in [0.4, 0.5) is 11.4 Å². The Labute approximate surface area is 113 Å². The largest absolute Gasteiger partial charge is 0.501 e. The van der Waals surface area contributed by atoms with Crippen molar-refractivity contribution in [1.29, 1.82) is 0 Å². The molecule has 0 aromatic heterocycles. The zero-order valence-electron chi connectivity index (χ0n) is 9.92. The van der Waals surface area contributed by atoms with Crippen molar-refractivity contribution in [3.8, 4) is 5.75 Å². The van der Waals surface area contributed by atoms with Crippen LogP contribution < -0.4 is 5.32 Å². The normalized spacial score (nSPS) is 12.9. The first-order chi connectivity index (χ1) is 9.16. The molecule has 1 aromatic carbocycles. The zero-order chi connectivity index (χ0) is 15.5. The van der Waals surface area contributed by atoms with Crippen molar-refractivity contribution in [2.75, 3.05) is 18.5 Å². The van der Waals surface area contributed by atoms with Crippen molar-refractivity contribution in [2.24, 2.45) is 0 Å². The van der Waals surface area contributed by atoms with Gasteiger partial charge in [0.1, 0.15) is 4.90 Å². The Hall–Kier alpha value is -1.95. The Balaban J connectivity index is 3.28. The fourth-order valence-corrected chi connectivity index (χ4v) is 1.84. The molecule has 20 heavy (non-hydrogen) atoms. The molecule has 0 fully saturated rings. The highest BCUT2D eigenvalue weighted by Crippen LogP contribution is 2.36. The lowest BCUT2D eigenvalue weighted by Crippen LogP contribution is -2.23. The van der Waals surface area contributed by atoms with Gasteiger partial charge in [-0.15, -0.1) is 0 Å². The van der Waals surface area contributed by atoms with Crippen LogP contribution >= 0.6 is 0 Å². The minimum Gasteiger partial charge on any atom is -0.501 e. The Bertz CT molecular complexity index is 615. The third-order valence-corrected chi connectivity index (χ3v) is 3.13. The number of nitro benzene ring substituents is 1. The summed E-state index contributed by atoms with van der Waals surface area (Å²) in [7, 11) is -4.71. The van der Waals surface area contributed by atoms with Gasteiger partial charge in [-0.25, -0.2) is 0 Å². The van der Waals surface area contributed by atoms with Gasteiger partial charge in [0.2, 0.25) is 5.75 Å². The summed E-state index contributed by atoms with van der Waals surface area (Å²) in [6, 6.07) is 1.26. The van der Waals surface area contributed by atoms with Gasteiger partial charge in [-0.2, -0.15) is 8.42 Å². The Morgan fingerprint density at radius 1 is 1.40 bits per heavy atom. The summed E-state index contributed by atoms with van der Waals surface area (Å²) in [6.07, 6.45) is -1.22. The van der Waals surface area contributed by atoms with Gasteiger partial charge in [0, 0.05) is 12.6 Å². The average Bonchev–Trinajstić information content (AvgIpc) is 2.35. The number of aromatic hydroxyl groups is 1. The third-order valence-electron chi connectivity index (χ3n) is 2.30. The highest BCUT2D eigenvalue weighted by atomic mass is 32.2. The maximum atomic E-state index is 11.0. The number of rotatable bonds is 6. The van der Waals surface area contributed by atoms with Crippen LogP contribution in [0.1, 0.15) is 0 Å². The Morgan fingerprint density at radius 2 is 2.00 bits per heavy atom. The second kappa shape index (κ2) is 6.00. The molecule has 1 rings (SSSR count). The molecular formula is C9H12N2O8S. The molecule has 0 saturated carbocycles. The molecule has 1 unspecified atom stereocenters. The van der Waals surface area contributed by atoms with Gasteiger partial charge in [-0.05, 0) is 6.07 Å². The standard InChI is InChI=1S/C9H12N2O8S/c12-4-5(13)3-10-7-1-6(20(17,18)19)2-8(9(7)14)11(15)16/h1-2,5,10,12-14H,3-4H2,(H,17,18,19). The van der Waals surface area contributed by atoms with Crippen LogP contribution in [0, 0.1) is 10.1 Å².